The standard InChI is InChI=1S/C27H28F5N5O2/c28-21-5-1-3-19(23(21)29)17-6-7-22(24-34-14-18(37(24)15-17)13-27(30,31)32)35-26(39)36-11-8-16(9-12-36)20-4-2-10-33-25(20)38/h1-5,10,14,16-17,22H,6-9,11-13,15H2,(H,33,38)(H,35,39)/t17?,22-/m1/s1. The number of H-pyrrole nitrogens is 1. The third kappa shape index (κ3) is 5.84. The second-order valence-corrected chi connectivity index (χ2v) is 10.1. The molecule has 208 valence electrons. The second-order valence-electron chi connectivity index (χ2n) is 10.1. The van der Waals surface area contributed by atoms with Crippen molar-refractivity contribution in [3.63, 3.8) is 0 Å². The molecule has 1 aromatic carbocycles. The Morgan fingerprint density at radius 2 is 1.77 bits per heavy atom. The van der Waals surface area contributed by atoms with Crippen LogP contribution in [0.5, 0.6) is 0 Å². The minimum absolute atomic E-state index is 0.0163. The molecule has 2 amide bonds. The number of alkyl halides is 3. The molecule has 0 spiro atoms. The molecule has 2 aliphatic rings. The fourth-order valence-corrected chi connectivity index (χ4v) is 5.69. The Morgan fingerprint density at radius 3 is 2.49 bits per heavy atom. The predicted octanol–water partition coefficient (Wildman–Crippen LogP) is 5.16. The van der Waals surface area contributed by atoms with Gasteiger partial charge in [-0.1, -0.05) is 18.2 Å². The van der Waals surface area contributed by atoms with E-state index in [2.05, 4.69) is 15.3 Å². The highest BCUT2D eigenvalue weighted by Crippen LogP contribution is 2.36. The molecule has 1 fully saturated rings. The summed E-state index contributed by atoms with van der Waals surface area (Å²) in [6.07, 6.45) is -1.25. The number of aromatic amines is 1. The van der Waals surface area contributed by atoms with Crippen molar-refractivity contribution < 1.29 is 26.7 Å². The third-order valence-electron chi connectivity index (χ3n) is 7.66. The molecule has 0 aliphatic carbocycles. The Bertz CT molecular complexity index is 1390. The lowest BCUT2D eigenvalue weighted by molar-refractivity contribution is -0.128. The number of pyridine rings is 1. The van der Waals surface area contributed by atoms with E-state index in [0.29, 0.717) is 37.9 Å². The number of hydrogen-bond acceptors (Lipinski definition) is 3. The largest absolute Gasteiger partial charge is 0.394 e. The van der Waals surface area contributed by atoms with Crippen LogP contribution in [0.25, 0.3) is 0 Å². The molecule has 2 aromatic heterocycles. The van der Waals surface area contributed by atoms with Gasteiger partial charge in [0.2, 0.25) is 0 Å². The van der Waals surface area contributed by atoms with Gasteiger partial charge in [-0.25, -0.2) is 18.6 Å². The van der Waals surface area contributed by atoms with Gasteiger partial charge < -0.3 is 19.8 Å². The van der Waals surface area contributed by atoms with Crippen LogP contribution in [0.4, 0.5) is 26.7 Å². The third-order valence-corrected chi connectivity index (χ3v) is 7.66. The number of likely N-dealkylation sites (tertiary alicyclic amines) is 1. The Balaban J connectivity index is 1.34. The number of carbonyl (C=O) groups is 1. The molecular formula is C27H28F5N5O2. The van der Waals surface area contributed by atoms with E-state index in [1.165, 1.54) is 16.7 Å². The zero-order chi connectivity index (χ0) is 27.7. The van der Waals surface area contributed by atoms with Crippen LogP contribution in [0.3, 0.4) is 0 Å². The van der Waals surface area contributed by atoms with Gasteiger partial charge in [-0.3, -0.25) is 4.79 Å². The molecule has 3 aromatic rings. The van der Waals surface area contributed by atoms with E-state index < -0.39 is 36.2 Å². The first-order valence-electron chi connectivity index (χ1n) is 12.9. The van der Waals surface area contributed by atoms with Gasteiger partial charge in [0.05, 0.1) is 12.5 Å². The van der Waals surface area contributed by atoms with Crippen LogP contribution in [0.1, 0.15) is 66.2 Å². The predicted molar refractivity (Wildman–Crippen MR) is 132 cm³/mol. The molecule has 1 unspecified atom stereocenters. The zero-order valence-corrected chi connectivity index (χ0v) is 21.0. The van der Waals surface area contributed by atoms with Crippen LogP contribution in [0.2, 0.25) is 0 Å². The molecule has 39 heavy (non-hydrogen) atoms. The van der Waals surface area contributed by atoms with Crippen LogP contribution in [-0.4, -0.2) is 44.7 Å². The highest BCUT2D eigenvalue weighted by molar-refractivity contribution is 5.74. The lowest BCUT2D eigenvalue weighted by atomic mass is 9.90. The van der Waals surface area contributed by atoms with E-state index in [0.717, 1.165) is 12.3 Å². The van der Waals surface area contributed by atoms with Gasteiger partial charge in [-0.2, -0.15) is 13.2 Å². The molecule has 2 aliphatic heterocycles. The molecule has 5 rings (SSSR count). The van der Waals surface area contributed by atoms with Crippen molar-refractivity contribution in [2.75, 3.05) is 13.1 Å². The summed E-state index contributed by atoms with van der Waals surface area (Å²) >= 11 is 0. The molecule has 1 saturated heterocycles. The number of nitrogens with one attached hydrogen (secondary N) is 2. The zero-order valence-electron chi connectivity index (χ0n) is 21.0. The van der Waals surface area contributed by atoms with Crippen LogP contribution in [0.15, 0.2) is 47.5 Å². The number of fused-ring (bicyclic) bond motifs is 1. The quantitative estimate of drug-likeness (QED) is 0.441. The molecular weight excluding hydrogens is 521 g/mol. The maximum atomic E-state index is 14.6. The number of benzene rings is 1. The van der Waals surface area contributed by atoms with E-state index in [4.69, 9.17) is 0 Å². The summed E-state index contributed by atoms with van der Waals surface area (Å²) in [6, 6.07) is 6.24. The van der Waals surface area contributed by atoms with Crippen LogP contribution in [-0.2, 0) is 13.0 Å². The van der Waals surface area contributed by atoms with Gasteiger partial charge in [0.25, 0.3) is 5.56 Å². The fourth-order valence-electron chi connectivity index (χ4n) is 5.69. The van der Waals surface area contributed by atoms with Crippen LogP contribution in [0, 0.1) is 11.6 Å². The minimum atomic E-state index is -4.49. The fraction of sp³-hybridized carbons (Fsp3) is 0.444. The maximum Gasteiger partial charge on any atom is 0.394 e. The smallest absolute Gasteiger partial charge is 0.329 e. The number of halogens is 5. The molecule has 0 radical (unpaired) electrons. The monoisotopic (exact) mass is 549 g/mol. The Morgan fingerprint density at radius 1 is 1.03 bits per heavy atom. The summed E-state index contributed by atoms with van der Waals surface area (Å²) < 4.78 is 69.9. The van der Waals surface area contributed by atoms with E-state index in [1.54, 1.807) is 23.2 Å². The topological polar surface area (TPSA) is 83.0 Å². The number of rotatable bonds is 4. The Kier molecular flexibility index (Phi) is 7.46. The molecule has 4 heterocycles. The number of urea groups is 1. The molecule has 2 N–H and O–H groups in total. The second kappa shape index (κ2) is 10.8. The number of hydrogen-bond donors (Lipinski definition) is 2. The lowest BCUT2D eigenvalue weighted by Crippen LogP contribution is -2.45. The van der Waals surface area contributed by atoms with E-state index >= 15 is 0 Å². The normalized spacial score (nSPS) is 20.4. The van der Waals surface area contributed by atoms with Gasteiger partial charge in [0.15, 0.2) is 11.6 Å². The van der Waals surface area contributed by atoms with E-state index in [9.17, 15) is 31.5 Å². The number of aromatic nitrogens is 3. The van der Waals surface area contributed by atoms with E-state index in [-0.39, 0.29) is 47.6 Å². The van der Waals surface area contributed by atoms with Gasteiger partial charge in [0, 0.05) is 49.2 Å². The number of piperidine rings is 1. The van der Waals surface area contributed by atoms with Crippen LogP contribution < -0.4 is 10.9 Å². The summed E-state index contributed by atoms with van der Waals surface area (Å²) in [5.41, 5.74) is 0.507. The average molecular weight is 550 g/mol. The first-order valence-corrected chi connectivity index (χ1v) is 12.9. The van der Waals surface area contributed by atoms with Crippen molar-refractivity contribution in [1.29, 1.82) is 0 Å². The first kappa shape index (κ1) is 26.9. The maximum absolute atomic E-state index is 14.6. The SMILES string of the molecule is O=C(N[C@@H]1CCC(c2cccc(F)c2F)Cn2c(CC(F)(F)F)cnc21)N1CCC(c2ccc[nH]c2=O)CC1. The Hall–Kier alpha value is -3.70. The number of amides is 2. The first-order chi connectivity index (χ1) is 18.6. The van der Waals surface area contributed by atoms with Crippen molar-refractivity contribution in [3.05, 3.63) is 87.4 Å². The van der Waals surface area contributed by atoms with Crippen molar-refractivity contribution in [1.82, 2.24) is 24.8 Å². The minimum Gasteiger partial charge on any atom is -0.329 e. The summed E-state index contributed by atoms with van der Waals surface area (Å²) in [7, 11) is 0. The highest BCUT2D eigenvalue weighted by atomic mass is 19.4. The van der Waals surface area contributed by atoms with Crippen molar-refractivity contribution in [2.24, 2.45) is 0 Å². The summed E-state index contributed by atoms with van der Waals surface area (Å²) in [5, 5.41) is 2.91. The molecule has 12 heteroatoms. The van der Waals surface area contributed by atoms with E-state index in [1.807, 2.05) is 0 Å². The van der Waals surface area contributed by atoms with Gasteiger partial charge in [-0.05, 0) is 49.3 Å². The lowest BCUT2D eigenvalue weighted by Gasteiger charge is -2.33. The molecule has 7 nitrogen and oxygen atoms in total. The van der Waals surface area contributed by atoms with Crippen molar-refractivity contribution in [3.8, 4) is 0 Å². The van der Waals surface area contributed by atoms with Gasteiger partial charge >= 0.3 is 12.2 Å². The molecule has 2 atom stereocenters. The summed E-state index contributed by atoms with van der Waals surface area (Å²) in [4.78, 5) is 33.9. The average Bonchev–Trinajstić information content (AvgIpc) is 3.18. The van der Waals surface area contributed by atoms with Gasteiger partial charge in [-0.15, -0.1) is 0 Å². The van der Waals surface area contributed by atoms with Gasteiger partial charge in [0.1, 0.15) is 5.82 Å². The number of imidazole rings is 1. The summed E-state index contributed by atoms with van der Waals surface area (Å²) in [5.74, 6) is -2.38. The summed E-state index contributed by atoms with van der Waals surface area (Å²) in [6.45, 7) is 0.787. The number of carbonyl (C=O) groups excluding carboxylic acids is 1. The molecule has 0 bridgehead atoms. The van der Waals surface area contributed by atoms with Crippen LogP contribution >= 0.6 is 0 Å². The van der Waals surface area contributed by atoms with Crippen molar-refractivity contribution >= 4 is 6.03 Å². The highest BCUT2D eigenvalue weighted by Gasteiger charge is 2.35. The Labute approximate surface area is 221 Å². The molecule has 0 saturated carbocycles. The number of nitrogens with zero attached hydrogens (tertiary/aromatic N) is 3. The van der Waals surface area contributed by atoms with Crippen molar-refractivity contribution in [2.45, 2.75) is 62.7 Å².